The van der Waals surface area contributed by atoms with Crippen molar-refractivity contribution in [2.24, 2.45) is 0 Å². The third kappa shape index (κ3) is 4.53. The van der Waals surface area contributed by atoms with E-state index in [4.69, 9.17) is 0 Å². The Morgan fingerprint density at radius 1 is 0.304 bits per heavy atom. The van der Waals surface area contributed by atoms with Gasteiger partial charge in [0.1, 0.15) is 0 Å². The van der Waals surface area contributed by atoms with Crippen LogP contribution < -0.4 is 0 Å². The SMILES string of the molecule is Cc1ccccc1-c1cc(-c2c3ccccc3c(-c3ccc(C)c(-c4ccc5ccccc5c4C)c3)c3ccccc23)ccc1C. The van der Waals surface area contributed by atoms with Gasteiger partial charge in [0.05, 0.1) is 0 Å². The largest absolute Gasteiger partial charge is 0.0620 e. The van der Waals surface area contributed by atoms with Crippen LogP contribution in [0.4, 0.5) is 0 Å². The van der Waals surface area contributed by atoms with Crippen LogP contribution in [0.1, 0.15) is 22.3 Å². The molecule has 8 rings (SSSR count). The predicted octanol–water partition coefficient (Wildman–Crippen LogP) is 13.0. The van der Waals surface area contributed by atoms with Gasteiger partial charge in [0.15, 0.2) is 0 Å². The first kappa shape index (κ1) is 28.0. The van der Waals surface area contributed by atoms with E-state index in [2.05, 4.69) is 173 Å². The molecular formula is C46H36. The van der Waals surface area contributed by atoms with Crippen molar-refractivity contribution in [3.8, 4) is 44.5 Å². The number of hydrogen-bond donors (Lipinski definition) is 0. The van der Waals surface area contributed by atoms with Gasteiger partial charge in [-0.15, -0.1) is 0 Å². The molecule has 0 N–H and O–H groups in total. The maximum absolute atomic E-state index is 2.42. The molecule has 0 heteroatoms. The molecule has 220 valence electrons. The Kier molecular flexibility index (Phi) is 6.80. The molecule has 0 aliphatic carbocycles. The third-order valence-electron chi connectivity index (χ3n) is 9.91. The summed E-state index contributed by atoms with van der Waals surface area (Å²) >= 11 is 0. The first-order valence-electron chi connectivity index (χ1n) is 16.2. The van der Waals surface area contributed by atoms with Crippen molar-refractivity contribution < 1.29 is 0 Å². The highest BCUT2D eigenvalue weighted by molar-refractivity contribution is 6.21. The van der Waals surface area contributed by atoms with Crippen LogP contribution in [0.15, 0.2) is 146 Å². The summed E-state index contributed by atoms with van der Waals surface area (Å²) < 4.78 is 0. The molecule has 0 radical (unpaired) electrons. The summed E-state index contributed by atoms with van der Waals surface area (Å²) in [6, 6.07) is 53.9. The normalized spacial score (nSPS) is 11.5. The molecule has 0 saturated carbocycles. The van der Waals surface area contributed by atoms with Crippen molar-refractivity contribution in [1.82, 2.24) is 0 Å². The lowest BCUT2D eigenvalue weighted by molar-refractivity contribution is 1.41. The Morgan fingerprint density at radius 2 is 0.739 bits per heavy atom. The number of rotatable bonds is 4. The van der Waals surface area contributed by atoms with Gasteiger partial charge in [0, 0.05) is 0 Å². The Hall–Kier alpha value is -5.46. The van der Waals surface area contributed by atoms with Gasteiger partial charge in [0.25, 0.3) is 0 Å². The van der Waals surface area contributed by atoms with Crippen LogP contribution in [0.25, 0.3) is 76.8 Å². The third-order valence-corrected chi connectivity index (χ3v) is 9.91. The Labute approximate surface area is 271 Å². The summed E-state index contributed by atoms with van der Waals surface area (Å²) in [6.45, 7) is 8.92. The van der Waals surface area contributed by atoms with Gasteiger partial charge in [0.2, 0.25) is 0 Å². The van der Waals surface area contributed by atoms with Crippen molar-refractivity contribution in [1.29, 1.82) is 0 Å². The Balaban J connectivity index is 1.39. The van der Waals surface area contributed by atoms with Crippen molar-refractivity contribution in [3.63, 3.8) is 0 Å². The van der Waals surface area contributed by atoms with Gasteiger partial charge in [-0.2, -0.15) is 0 Å². The van der Waals surface area contributed by atoms with Crippen LogP contribution in [0, 0.1) is 27.7 Å². The summed E-state index contributed by atoms with van der Waals surface area (Å²) in [5.74, 6) is 0. The number of hydrogen-bond acceptors (Lipinski definition) is 0. The lowest BCUT2D eigenvalue weighted by atomic mass is 9.83. The lowest BCUT2D eigenvalue weighted by Gasteiger charge is -2.20. The van der Waals surface area contributed by atoms with Crippen molar-refractivity contribution in [2.45, 2.75) is 27.7 Å². The highest BCUT2D eigenvalue weighted by atomic mass is 14.2. The second kappa shape index (κ2) is 11.2. The molecule has 8 aromatic carbocycles. The predicted molar refractivity (Wildman–Crippen MR) is 200 cm³/mol. The molecule has 46 heavy (non-hydrogen) atoms. The van der Waals surface area contributed by atoms with E-state index in [-0.39, 0.29) is 0 Å². The topological polar surface area (TPSA) is 0 Å². The highest BCUT2D eigenvalue weighted by Crippen LogP contribution is 2.45. The van der Waals surface area contributed by atoms with Crippen LogP contribution in [0.3, 0.4) is 0 Å². The average Bonchev–Trinajstić information content (AvgIpc) is 3.09. The van der Waals surface area contributed by atoms with Crippen LogP contribution >= 0.6 is 0 Å². The lowest BCUT2D eigenvalue weighted by Crippen LogP contribution is -1.94. The van der Waals surface area contributed by atoms with Gasteiger partial charge in [-0.3, -0.25) is 0 Å². The van der Waals surface area contributed by atoms with Crippen LogP contribution in [-0.2, 0) is 0 Å². The average molecular weight is 589 g/mol. The van der Waals surface area contributed by atoms with Crippen molar-refractivity contribution in [3.05, 3.63) is 168 Å². The zero-order valence-corrected chi connectivity index (χ0v) is 26.9. The van der Waals surface area contributed by atoms with Gasteiger partial charge >= 0.3 is 0 Å². The summed E-state index contributed by atoms with van der Waals surface area (Å²) in [7, 11) is 0. The van der Waals surface area contributed by atoms with E-state index in [0.717, 1.165) is 0 Å². The molecule has 0 aliphatic rings. The van der Waals surface area contributed by atoms with Gasteiger partial charge in [-0.25, -0.2) is 0 Å². The Morgan fingerprint density at radius 3 is 1.28 bits per heavy atom. The van der Waals surface area contributed by atoms with E-state index < -0.39 is 0 Å². The monoisotopic (exact) mass is 588 g/mol. The molecule has 0 unspecified atom stereocenters. The summed E-state index contributed by atoms with van der Waals surface area (Å²) in [5, 5.41) is 7.71. The molecule has 0 amide bonds. The molecule has 0 heterocycles. The van der Waals surface area contributed by atoms with E-state index in [9.17, 15) is 0 Å². The summed E-state index contributed by atoms with van der Waals surface area (Å²) in [6.07, 6.45) is 0. The smallest absolute Gasteiger partial charge is 0.00262 e. The second-order valence-corrected chi connectivity index (χ2v) is 12.7. The molecular weight excluding hydrogens is 553 g/mol. The minimum absolute atomic E-state index is 1.25. The van der Waals surface area contributed by atoms with E-state index in [1.165, 1.54) is 99.1 Å². The zero-order valence-electron chi connectivity index (χ0n) is 26.9. The molecule has 8 aromatic rings. The first-order chi connectivity index (χ1) is 22.5. The summed E-state index contributed by atoms with van der Waals surface area (Å²) in [4.78, 5) is 0. The maximum atomic E-state index is 2.42. The molecule has 0 spiro atoms. The van der Waals surface area contributed by atoms with Crippen LogP contribution in [0.2, 0.25) is 0 Å². The van der Waals surface area contributed by atoms with Gasteiger partial charge in [-0.05, 0) is 139 Å². The van der Waals surface area contributed by atoms with Crippen molar-refractivity contribution in [2.75, 3.05) is 0 Å². The van der Waals surface area contributed by atoms with Crippen molar-refractivity contribution >= 4 is 32.3 Å². The van der Waals surface area contributed by atoms with E-state index in [1.54, 1.807) is 0 Å². The maximum Gasteiger partial charge on any atom is -0.00262 e. The minimum atomic E-state index is 1.25. The minimum Gasteiger partial charge on any atom is -0.0620 e. The van der Waals surface area contributed by atoms with Crippen LogP contribution in [-0.4, -0.2) is 0 Å². The first-order valence-corrected chi connectivity index (χ1v) is 16.2. The van der Waals surface area contributed by atoms with E-state index in [0.29, 0.717) is 0 Å². The molecule has 0 saturated heterocycles. The Bertz CT molecular complexity index is 2400. The molecule has 0 atom stereocenters. The second-order valence-electron chi connectivity index (χ2n) is 12.7. The molecule has 0 aliphatic heterocycles. The zero-order chi connectivity index (χ0) is 31.4. The fourth-order valence-electron chi connectivity index (χ4n) is 7.48. The molecule has 0 bridgehead atoms. The highest BCUT2D eigenvalue weighted by Gasteiger charge is 2.19. The molecule has 0 fully saturated rings. The standard InChI is InChI=1S/C46H36/c1-29-13-5-7-15-36(29)43-27-34(23-21-30(43)2)45-39-17-9-11-19-41(39)46(42-20-12-10-18-40(42)45)35-24-22-31(3)44(28-35)38-26-25-33-14-6-8-16-37(33)32(38)4/h5-28H,1-4H3. The molecule has 0 nitrogen and oxygen atoms in total. The quantitative estimate of drug-likeness (QED) is 0.179. The van der Waals surface area contributed by atoms with E-state index >= 15 is 0 Å². The summed E-state index contributed by atoms with van der Waals surface area (Å²) in [5.41, 5.74) is 15.5. The van der Waals surface area contributed by atoms with E-state index in [1.807, 2.05) is 0 Å². The fourth-order valence-corrected chi connectivity index (χ4v) is 7.48. The fraction of sp³-hybridized carbons (Fsp3) is 0.0870. The number of aryl methyl sites for hydroxylation is 4. The molecule has 0 aromatic heterocycles. The van der Waals surface area contributed by atoms with Gasteiger partial charge < -0.3 is 0 Å². The number of fused-ring (bicyclic) bond motifs is 3. The van der Waals surface area contributed by atoms with Gasteiger partial charge in [-0.1, -0.05) is 133 Å². The number of benzene rings is 8. The van der Waals surface area contributed by atoms with Crippen LogP contribution in [0.5, 0.6) is 0 Å².